The van der Waals surface area contributed by atoms with Crippen LogP contribution in [0.1, 0.15) is 45.4 Å². The molecule has 0 aromatic rings. The molecule has 2 nitrogen and oxygen atoms in total. The van der Waals surface area contributed by atoms with Gasteiger partial charge in [0, 0.05) is 6.08 Å². The second-order valence-corrected chi connectivity index (χ2v) is 3.62. The maximum absolute atomic E-state index is 11.1. The highest BCUT2D eigenvalue weighted by molar-refractivity contribution is 5.81. The van der Waals surface area contributed by atoms with Gasteiger partial charge in [0.05, 0.1) is 0 Å². The zero-order valence-corrected chi connectivity index (χ0v) is 9.71. The second kappa shape index (κ2) is 9.50. The van der Waals surface area contributed by atoms with Crippen molar-refractivity contribution in [1.29, 1.82) is 0 Å². The summed E-state index contributed by atoms with van der Waals surface area (Å²) in [5, 5.41) is 0. The first-order valence-electron chi connectivity index (χ1n) is 5.68. The molecule has 0 fully saturated rings. The zero-order chi connectivity index (χ0) is 11.5. The SMILES string of the molecule is C=CCCC(CCCCC)OC(=O)C=C. The van der Waals surface area contributed by atoms with Gasteiger partial charge in [0.2, 0.25) is 0 Å². The topological polar surface area (TPSA) is 26.3 Å². The van der Waals surface area contributed by atoms with Crippen molar-refractivity contribution in [3.8, 4) is 0 Å². The van der Waals surface area contributed by atoms with Gasteiger partial charge < -0.3 is 4.74 Å². The molecule has 0 heterocycles. The molecule has 0 rings (SSSR count). The summed E-state index contributed by atoms with van der Waals surface area (Å²) < 4.78 is 5.24. The summed E-state index contributed by atoms with van der Waals surface area (Å²) in [6.07, 6.45) is 9.30. The Kier molecular flexibility index (Phi) is 8.84. The van der Waals surface area contributed by atoms with Gasteiger partial charge in [-0.05, 0) is 25.7 Å². The van der Waals surface area contributed by atoms with Gasteiger partial charge in [-0.2, -0.15) is 0 Å². The van der Waals surface area contributed by atoms with E-state index in [-0.39, 0.29) is 12.1 Å². The molecule has 0 saturated heterocycles. The van der Waals surface area contributed by atoms with E-state index in [2.05, 4.69) is 20.1 Å². The summed E-state index contributed by atoms with van der Waals surface area (Å²) in [5.41, 5.74) is 0. The fourth-order valence-electron chi connectivity index (χ4n) is 1.40. The Bertz CT molecular complexity index is 197. The highest BCUT2D eigenvalue weighted by atomic mass is 16.5. The van der Waals surface area contributed by atoms with Crippen molar-refractivity contribution in [2.75, 3.05) is 0 Å². The van der Waals surface area contributed by atoms with Crippen molar-refractivity contribution in [2.45, 2.75) is 51.6 Å². The molecule has 1 unspecified atom stereocenters. The molecule has 2 heteroatoms. The van der Waals surface area contributed by atoms with Gasteiger partial charge in [0.15, 0.2) is 0 Å². The van der Waals surface area contributed by atoms with Crippen molar-refractivity contribution in [1.82, 2.24) is 0 Å². The number of carbonyl (C=O) groups excluding carboxylic acids is 1. The normalized spacial score (nSPS) is 11.8. The van der Waals surface area contributed by atoms with Crippen LogP contribution < -0.4 is 0 Å². The summed E-state index contributed by atoms with van der Waals surface area (Å²) in [7, 11) is 0. The van der Waals surface area contributed by atoms with Crippen LogP contribution in [0.4, 0.5) is 0 Å². The molecule has 0 aliphatic heterocycles. The van der Waals surface area contributed by atoms with E-state index in [9.17, 15) is 4.79 Å². The molecule has 0 aliphatic carbocycles. The van der Waals surface area contributed by atoms with Gasteiger partial charge in [0.1, 0.15) is 6.10 Å². The third kappa shape index (κ3) is 7.98. The molecule has 0 aliphatic rings. The second-order valence-electron chi connectivity index (χ2n) is 3.62. The molecule has 0 amide bonds. The summed E-state index contributed by atoms with van der Waals surface area (Å²) in [5.74, 6) is -0.319. The first-order valence-corrected chi connectivity index (χ1v) is 5.68. The summed E-state index contributed by atoms with van der Waals surface area (Å²) in [6, 6.07) is 0. The van der Waals surface area contributed by atoms with Crippen molar-refractivity contribution >= 4 is 5.97 Å². The van der Waals surface area contributed by atoms with E-state index in [1.165, 1.54) is 18.9 Å². The van der Waals surface area contributed by atoms with E-state index in [1.54, 1.807) is 0 Å². The number of unbranched alkanes of at least 4 members (excludes halogenated alkanes) is 2. The molecular weight excluding hydrogens is 188 g/mol. The lowest BCUT2D eigenvalue weighted by molar-refractivity contribution is -0.143. The molecule has 0 N–H and O–H groups in total. The molecule has 0 aromatic heterocycles. The van der Waals surface area contributed by atoms with Gasteiger partial charge in [-0.15, -0.1) is 6.58 Å². The Morgan fingerprint density at radius 1 is 1.33 bits per heavy atom. The first-order chi connectivity index (χ1) is 7.24. The van der Waals surface area contributed by atoms with Gasteiger partial charge in [0.25, 0.3) is 0 Å². The van der Waals surface area contributed by atoms with Crippen LogP contribution in [0.3, 0.4) is 0 Å². The highest BCUT2D eigenvalue weighted by Gasteiger charge is 2.11. The molecule has 1 atom stereocenters. The first kappa shape index (κ1) is 13.9. The molecule has 86 valence electrons. The lowest BCUT2D eigenvalue weighted by Crippen LogP contribution is -2.16. The molecule has 0 bridgehead atoms. The van der Waals surface area contributed by atoms with Gasteiger partial charge in [-0.3, -0.25) is 0 Å². The summed E-state index contributed by atoms with van der Waals surface area (Å²) >= 11 is 0. The van der Waals surface area contributed by atoms with E-state index >= 15 is 0 Å². The minimum absolute atomic E-state index is 0.0278. The monoisotopic (exact) mass is 210 g/mol. The zero-order valence-electron chi connectivity index (χ0n) is 9.71. The molecule has 0 saturated carbocycles. The number of hydrogen-bond donors (Lipinski definition) is 0. The molecule has 15 heavy (non-hydrogen) atoms. The van der Waals surface area contributed by atoms with E-state index in [0.717, 1.165) is 25.7 Å². The average Bonchev–Trinajstić information content (AvgIpc) is 2.25. The predicted octanol–water partition coefficient (Wildman–Crippen LogP) is 3.63. The third-order valence-electron chi connectivity index (χ3n) is 2.27. The molecule has 0 radical (unpaired) electrons. The Morgan fingerprint density at radius 2 is 2.07 bits per heavy atom. The highest BCUT2D eigenvalue weighted by Crippen LogP contribution is 2.12. The Morgan fingerprint density at radius 3 is 2.60 bits per heavy atom. The fourth-order valence-corrected chi connectivity index (χ4v) is 1.40. The van der Waals surface area contributed by atoms with Gasteiger partial charge >= 0.3 is 5.97 Å². The summed E-state index contributed by atoms with van der Waals surface area (Å²) in [6.45, 7) is 9.22. The Hall–Kier alpha value is -1.05. The number of ether oxygens (including phenoxy) is 1. The lowest BCUT2D eigenvalue weighted by atomic mass is 10.1. The minimum atomic E-state index is -0.319. The van der Waals surface area contributed by atoms with Crippen LogP contribution in [0, 0.1) is 0 Å². The number of allylic oxidation sites excluding steroid dienone is 1. The van der Waals surface area contributed by atoms with Crippen LogP contribution in [0.2, 0.25) is 0 Å². The third-order valence-corrected chi connectivity index (χ3v) is 2.27. The predicted molar refractivity (Wildman–Crippen MR) is 63.7 cm³/mol. The van der Waals surface area contributed by atoms with Crippen molar-refractivity contribution in [3.63, 3.8) is 0 Å². The van der Waals surface area contributed by atoms with Crippen LogP contribution in [0.5, 0.6) is 0 Å². The quantitative estimate of drug-likeness (QED) is 0.251. The smallest absolute Gasteiger partial charge is 0.330 e. The molecule has 0 aromatic carbocycles. The molecular formula is C13H22O2. The number of hydrogen-bond acceptors (Lipinski definition) is 2. The van der Waals surface area contributed by atoms with Crippen molar-refractivity contribution < 1.29 is 9.53 Å². The minimum Gasteiger partial charge on any atom is -0.459 e. The van der Waals surface area contributed by atoms with Gasteiger partial charge in [-0.1, -0.05) is 32.4 Å². The Balaban J connectivity index is 3.87. The van der Waals surface area contributed by atoms with Crippen molar-refractivity contribution in [3.05, 3.63) is 25.3 Å². The number of carbonyl (C=O) groups is 1. The average molecular weight is 210 g/mol. The number of rotatable bonds is 9. The maximum atomic E-state index is 11.1. The van der Waals surface area contributed by atoms with Gasteiger partial charge in [-0.25, -0.2) is 4.79 Å². The van der Waals surface area contributed by atoms with Crippen LogP contribution in [-0.2, 0) is 9.53 Å². The lowest BCUT2D eigenvalue weighted by Gasteiger charge is -2.15. The van der Waals surface area contributed by atoms with Crippen LogP contribution in [0.15, 0.2) is 25.3 Å². The van der Waals surface area contributed by atoms with E-state index in [1.807, 2.05) is 6.08 Å². The standard InChI is InChI=1S/C13H22O2/c1-4-7-9-11-12(10-8-5-2)15-13(14)6-3/h5-6,12H,2-4,7-11H2,1H3. The fraction of sp³-hybridized carbons (Fsp3) is 0.615. The van der Waals surface area contributed by atoms with Crippen LogP contribution in [-0.4, -0.2) is 12.1 Å². The van der Waals surface area contributed by atoms with E-state index < -0.39 is 0 Å². The molecule has 0 spiro atoms. The maximum Gasteiger partial charge on any atom is 0.330 e. The van der Waals surface area contributed by atoms with Crippen LogP contribution in [0.25, 0.3) is 0 Å². The summed E-state index contributed by atoms with van der Waals surface area (Å²) in [4.78, 5) is 11.1. The van der Waals surface area contributed by atoms with E-state index in [0.29, 0.717) is 0 Å². The van der Waals surface area contributed by atoms with E-state index in [4.69, 9.17) is 4.74 Å². The van der Waals surface area contributed by atoms with Crippen molar-refractivity contribution in [2.24, 2.45) is 0 Å². The Labute approximate surface area is 93.0 Å². The largest absolute Gasteiger partial charge is 0.459 e. The van der Waals surface area contributed by atoms with Crippen LogP contribution >= 0.6 is 0 Å². The number of esters is 1.